The molecule has 2 amide bonds. The number of methoxy groups -OCH3 is 1. The van der Waals surface area contributed by atoms with Gasteiger partial charge < -0.3 is 29.6 Å². The predicted octanol–water partition coefficient (Wildman–Crippen LogP) is 6.29. The molecule has 9 nitrogen and oxygen atoms in total. The zero-order valence-electron chi connectivity index (χ0n) is 23.8. The van der Waals surface area contributed by atoms with Crippen LogP contribution >= 0.6 is 24.8 Å². The number of anilines is 1. The van der Waals surface area contributed by atoms with Crippen LogP contribution < -0.4 is 24.8 Å². The molecule has 226 valence electrons. The Kier molecular flexibility index (Phi) is 13.2. The Morgan fingerprint density at radius 3 is 2.51 bits per heavy atom. The van der Waals surface area contributed by atoms with Gasteiger partial charge in [0.1, 0.15) is 23.9 Å². The van der Waals surface area contributed by atoms with Crippen molar-refractivity contribution in [3.8, 4) is 23.0 Å². The zero-order valence-corrected chi connectivity index (χ0v) is 25.5. The summed E-state index contributed by atoms with van der Waals surface area (Å²) in [5.74, 6) is 1.29. The third-order valence-corrected chi connectivity index (χ3v) is 6.33. The molecule has 0 atom stereocenters. The lowest BCUT2D eigenvalue weighted by Gasteiger charge is -2.26. The van der Waals surface area contributed by atoms with Crippen molar-refractivity contribution in [2.45, 2.75) is 27.2 Å². The van der Waals surface area contributed by atoms with Gasteiger partial charge in [-0.05, 0) is 36.1 Å². The number of hydrogen-bond acceptors (Lipinski definition) is 7. The summed E-state index contributed by atoms with van der Waals surface area (Å²) in [5, 5.41) is 5.99. The quantitative estimate of drug-likeness (QED) is 0.278. The standard InChI is InChI=1S/C29H37FN4O5.2ClH/c1-29(2,3)8-10-32-28(35)33-23-6-5-20(17-22(23)30)39-25-7-9-31-24-19-27(26(36-4)18-21(24)25)38-16-13-34-11-14-37-15-12-34;;/h5-7,9,17-19H,8,10-16H2,1-4H3,(H2,32,33,35);2*1H. The molecule has 41 heavy (non-hydrogen) atoms. The van der Waals surface area contributed by atoms with Crippen LogP contribution in [0.3, 0.4) is 0 Å². The van der Waals surface area contributed by atoms with Crippen molar-refractivity contribution >= 4 is 47.4 Å². The number of nitrogens with zero attached hydrogens (tertiary/aromatic N) is 2. The Hall–Kier alpha value is -3.05. The lowest BCUT2D eigenvalue weighted by atomic mass is 9.92. The van der Waals surface area contributed by atoms with Gasteiger partial charge in [0, 0.05) is 49.9 Å². The molecular weight excluding hydrogens is 574 g/mol. The van der Waals surface area contributed by atoms with E-state index in [1.807, 2.05) is 6.07 Å². The Bertz CT molecular complexity index is 1290. The summed E-state index contributed by atoms with van der Waals surface area (Å²) in [6.07, 6.45) is 2.43. The molecule has 2 aromatic carbocycles. The van der Waals surface area contributed by atoms with Crippen molar-refractivity contribution in [1.29, 1.82) is 0 Å². The van der Waals surface area contributed by atoms with Gasteiger partial charge in [0.25, 0.3) is 0 Å². The highest BCUT2D eigenvalue weighted by Crippen LogP contribution is 2.37. The van der Waals surface area contributed by atoms with Gasteiger partial charge in [-0.1, -0.05) is 20.8 Å². The Morgan fingerprint density at radius 1 is 1.07 bits per heavy atom. The topological polar surface area (TPSA) is 94.2 Å². The van der Waals surface area contributed by atoms with E-state index >= 15 is 0 Å². The van der Waals surface area contributed by atoms with Gasteiger partial charge in [0.2, 0.25) is 0 Å². The highest BCUT2D eigenvalue weighted by molar-refractivity contribution is 5.90. The summed E-state index contributed by atoms with van der Waals surface area (Å²) in [4.78, 5) is 18.9. The molecule has 0 aliphatic carbocycles. The van der Waals surface area contributed by atoms with Crippen LogP contribution in [0.5, 0.6) is 23.0 Å². The van der Waals surface area contributed by atoms with E-state index in [-0.39, 0.29) is 41.7 Å². The molecule has 0 unspecified atom stereocenters. The van der Waals surface area contributed by atoms with Crippen LogP contribution in [0.2, 0.25) is 0 Å². The van der Waals surface area contributed by atoms with Crippen LogP contribution in [0.15, 0.2) is 42.6 Å². The van der Waals surface area contributed by atoms with Crippen LogP contribution in [0.1, 0.15) is 27.2 Å². The number of nitrogens with one attached hydrogen (secondary N) is 2. The first kappa shape index (κ1) is 34.2. The second-order valence-corrected chi connectivity index (χ2v) is 10.6. The minimum Gasteiger partial charge on any atom is -0.493 e. The average Bonchev–Trinajstić information content (AvgIpc) is 2.90. The maximum Gasteiger partial charge on any atom is 0.319 e. The number of pyridine rings is 1. The molecule has 0 bridgehead atoms. The first-order valence-electron chi connectivity index (χ1n) is 13.1. The van der Waals surface area contributed by atoms with Gasteiger partial charge in [-0.2, -0.15) is 0 Å². The minimum atomic E-state index is -0.606. The van der Waals surface area contributed by atoms with E-state index in [0.29, 0.717) is 41.3 Å². The molecule has 3 aromatic rings. The molecule has 1 aliphatic heterocycles. The molecule has 0 spiro atoms. The normalized spacial score (nSPS) is 13.5. The van der Waals surface area contributed by atoms with E-state index in [1.165, 1.54) is 12.1 Å². The number of carbonyl (C=O) groups is 1. The molecule has 0 saturated carbocycles. The second-order valence-electron chi connectivity index (χ2n) is 10.6. The van der Waals surface area contributed by atoms with Crippen LogP contribution in [-0.4, -0.2) is 69.0 Å². The van der Waals surface area contributed by atoms with Gasteiger partial charge in [0.05, 0.1) is 31.5 Å². The summed E-state index contributed by atoms with van der Waals surface area (Å²) in [7, 11) is 1.58. The number of amides is 2. The third-order valence-electron chi connectivity index (χ3n) is 6.33. The number of rotatable bonds is 10. The number of hydrogen-bond donors (Lipinski definition) is 2. The van der Waals surface area contributed by atoms with Crippen molar-refractivity contribution < 1.29 is 28.1 Å². The van der Waals surface area contributed by atoms with E-state index in [4.69, 9.17) is 18.9 Å². The number of aromatic nitrogens is 1. The van der Waals surface area contributed by atoms with Gasteiger partial charge in [0.15, 0.2) is 11.5 Å². The maximum absolute atomic E-state index is 14.8. The first-order valence-corrected chi connectivity index (χ1v) is 13.1. The molecule has 4 rings (SSSR count). The van der Waals surface area contributed by atoms with Crippen molar-refractivity contribution in [2.75, 3.05) is 58.4 Å². The molecular formula is C29H39Cl2FN4O5. The Morgan fingerprint density at radius 2 is 1.83 bits per heavy atom. The van der Waals surface area contributed by atoms with Crippen LogP contribution in [0.25, 0.3) is 10.9 Å². The number of ether oxygens (including phenoxy) is 4. The molecule has 0 radical (unpaired) electrons. The van der Waals surface area contributed by atoms with Crippen LogP contribution in [0, 0.1) is 11.2 Å². The summed E-state index contributed by atoms with van der Waals surface area (Å²) >= 11 is 0. The lowest BCUT2D eigenvalue weighted by Crippen LogP contribution is -2.38. The molecule has 1 fully saturated rings. The summed E-state index contributed by atoms with van der Waals surface area (Å²) in [5.41, 5.74) is 0.812. The van der Waals surface area contributed by atoms with E-state index < -0.39 is 11.8 Å². The van der Waals surface area contributed by atoms with E-state index in [0.717, 1.165) is 39.3 Å². The zero-order chi connectivity index (χ0) is 27.8. The molecule has 2 N–H and O–H groups in total. The van der Waals surface area contributed by atoms with E-state index in [1.54, 1.807) is 31.5 Å². The molecule has 1 saturated heterocycles. The van der Waals surface area contributed by atoms with Crippen LogP contribution in [-0.2, 0) is 4.74 Å². The fourth-order valence-electron chi connectivity index (χ4n) is 4.10. The fourth-order valence-corrected chi connectivity index (χ4v) is 4.10. The van der Waals surface area contributed by atoms with E-state index in [2.05, 4.69) is 41.3 Å². The fraction of sp³-hybridized carbons (Fsp3) is 0.448. The van der Waals surface area contributed by atoms with Crippen molar-refractivity contribution in [1.82, 2.24) is 15.2 Å². The molecule has 12 heteroatoms. The smallest absolute Gasteiger partial charge is 0.319 e. The number of urea groups is 1. The largest absolute Gasteiger partial charge is 0.493 e. The van der Waals surface area contributed by atoms with Gasteiger partial charge in [-0.15, -0.1) is 24.8 Å². The predicted molar refractivity (Wildman–Crippen MR) is 163 cm³/mol. The summed E-state index contributed by atoms with van der Waals surface area (Å²) < 4.78 is 37.8. The average molecular weight is 614 g/mol. The third kappa shape index (κ3) is 10.1. The van der Waals surface area contributed by atoms with Crippen molar-refractivity contribution in [3.05, 3.63) is 48.4 Å². The van der Waals surface area contributed by atoms with Crippen LogP contribution in [0.4, 0.5) is 14.9 Å². The second kappa shape index (κ2) is 15.8. The number of halogens is 3. The number of morpholine rings is 1. The number of carbonyl (C=O) groups excluding carboxylic acids is 1. The van der Waals surface area contributed by atoms with Gasteiger partial charge >= 0.3 is 6.03 Å². The Labute approximate surface area is 252 Å². The maximum atomic E-state index is 14.8. The lowest BCUT2D eigenvalue weighted by molar-refractivity contribution is 0.0321. The monoisotopic (exact) mass is 612 g/mol. The summed E-state index contributed by atoms with van der Waals surface area (Å²) in [6.45, 7) is 11.3. The van der Waals surface area contributed by atoms with E-state index in [9.17, 15) is 9.18 Å². The van der Waals surface area contributed by atoms with Gasteiger partial charge in [-0.3, -0.25) is 9.88 Å². The van der Waals surface area contributed by atoms with Crippen molar-refractivity contribution in [3.63, 3.8) is 0 Å². The Balaban J connectivity index is 0.00000294. The molecule has 2 heterocycles. The molecule has 1 aromatic heterocycles. The SMILES string of the molecule is COc1cc2c(Oc3ccc(NC(=O)NCCC(C)(C)C)c(F)c3)ccnc2cc1OCCN1CCOCC1.Cl.Cl. The number of benzene rings is 2. The van der Waals surface area contributed by atoms with Crippen molar-refractivity contribution in [2.24, 2.45) is 5.41 Å². The molecule has 1 aliphatic rings. The minimum absolute atomic E-state index is 0. The number of fused-ring (bicyclic) bond motifs is 1. The highest BCUT2D eigenvalue weighted by Gasteiger charge is 2.16. The van der Waals surface area contributed by atoms with Gasteiger partial charge in [-0.25, -0.2) is 9.18 Å². The first-order chi connectivity index (χ1) is 18.7. The highest BCUT2D eigenvalue weighted by atomic mass is 35.5. The summed E-state index contributed by atoms with van der Waals surface area (Å²) in [6, 6.07) is 9.16.